The van der Waals surface area contributed by atoms with Gasteiger partial charge in [-0.15, -0.1) is 0 Å². The Kier molecular flexibility index (Phi) is 5.62. The summed E-state index contributed by atoms with van der Waals surface area (Å²) in [4.78, 5) is 0. The van der Waals surface area contributed by atoms with Gasteiger partial charge in [-0.2, -0.15) is 0 Å². The molecule has 3 heteroatoms. The molecule has 30 heavy (non-hydrogen) atoms. The normalized spacial score (nSPS) is 11.4. The van der Waals surface area contributed by atoms with Crippen molar-refractivity contribution in [3.05, 3.63) is 115 Å². The highest BCUT2D eigenvalue weighted by molar-refractivity contribution is 6.01. The summed E-state index contributed by atoms with van der Waals surface area (Å²) in [6, 6.07) is 28.9. The lowest BCUT2D eigenvalue weighted by Crippen LogP contribution is -2.05. The summed E-state index contributed by atoms with van der Waals surface area (Å²) in [5, 5.41) is 12.9. The van der Waals surface area contributed by atoms with E-state index in [1.54, 1.807) is 6.08 Å². The summed E-state index contributed by atoms with van der Waals surface area (Å²) in [7, 11) is 0. The smallest absolute Gasteiger partial charge is 0.0548 e. The van der Waals surface area contributed by atoms with Crippen molar-refractivity contribution in [3.63, 3.8) is 0 Å². The van der Waals surface area contributed by atoms with Crippen LogP contribution in [0.25, 0.3) is 22.2 Å². The molecule has 0 saturated carbocycles. The summed E-state index contributed by atoms with van der Waals surface area (Å²) in [5.41, 5.74) is 7.12. The van der Waals surface area contributed by atoms with Crippen LogP contribution in [-0.4, -0.2) is 10.3 Å². The summed E-state index contributed by atoms with van der Waals surface area (Å²) < 4.78 is 2.29. The van der Waals surface area contributed by atoms with Crippen molar-refractivity contribution >= 4 is 27.9 Å². The number of rotatable bonds is 7. The highest BCUT2D eigenvalue weighted by Crippen LogP contribution is 2.34. The molecule has 2 N–H and O–H groups in total. The largest absolute Gasteiger partial charge is 0.361 e. The Hall–Kier alpha value is -3.85. The van der Waals surface area contributed by atoms with E-state index in [1.165, 1.54) is 10.9 Å². The number of hydrogen-bond acceptors (Lipinski definition) is 2. The van der Waals surface area contributed by atoms with E-state index in [9.17, 15) is 0 Å². The average Bonchev–Trinajstić information content (AvgIpc) is 3.10. The van der Waals surface area contributed by atoms with Crippen molar-refractivity contribution in [1.29, 1.82) is 5.41 Å². The molecule has 0 saturated heterocycles. The van der Waals surface area contributed by atoms with Crippen LogP contribution in [0.3, 0.4) is 0 Å². The van der Waals surface area contributed by atoms with Crippen LogP contribution in [0.1, 0.15) is 17.7 Å². The van der Waals surface area contributed by atoms with Gasteiger partial charge in [0.05, 0.1) is 11.2 Å². The van der Waals surface area contributed by atoms with Gasteiger partial charge in [-0.05, 0) is 54.5 Å². The van der Waals surface area contributed by atoms with Crippen molar-refractivity contribution in [3.8, 4) is 5.69 Å². The van der Waals surface area contributed by atoms with Crippen molar-refractivity contribution in [2.75, 3.05) is 5.32 Å². The summed E-state index contributed by atoms with van der Waals surface area (Å²) >= 11 is 0. The van der Waals surface area contributed by atoms with Crippen LogP contribution < -0.4 is 5.32 Å². The van der Waals surface area contributed by atoms with Gasteiger partial charge in [-0.25, -0.2) is 0 Å². The number of benzene rings is 3. The SMILES string of the molecule is C=CC(=N)C/C(=C\Nc1ccccc1)c1c(C)c2ccccc2n1-c1ccccc1. The van der Waals surface area contributed by atoms with Gasteiger partial charge in [0, 0.05) is 35.1 Å². The average molecular weight is 392 g/mol. The molecule has 0 radical (unpaired) electrons. The van der Waals surface area contributed by atoms with E-state index >= 15 is 0 Å². The maximum Gasteiger partial charge on any atom is 0.0548 e. The van der Waals surface area contributed by atoms with Crippen LogP contribution in [0.5, 0.6) is 0 Å². The zero-order valence-corrected chi connectivity index (χ0v) is 17.1. The first-order valence-electron chi connectivity index (χ1n) is 10.1. The first-order valence-corrected chi connectivity index (χ1v) is 10.1. The molecule has 0 atom stereocenters. The number of aryl methyl sites for hydroxylation is 1. The Morgan fingerprint density at radius 2 is 1.57 bits per heavy atom. The molecule has 3 aromatic carbocycles. The minimum absolute atomic E-state index is 0.486. The predicted octanol–water partition coefficient (Wildman–Crippen LogP) is 6.99. The van der Waals surface area contributed by atoms with Gasteiger partial charge >= 0.3 is 0 Å². The van der Waals surface area contributed by atoms with E-state index in [0.717, 1.165) is 28.2 Å². The number of fused-ring (bicyclic) bond motifs is 1. The van der Waals surface area contributed by atoms with Gasteiger partial charge in [-0.3, -0.25) is 0 Å². The number of anilines is 1. The summed E-state index contributed by atoms with van der Waals surface area (Å²) in [6.45, 7) is 5.95. The van der Waals surface area contributed by atoms with E-state index in [1.807, 2.05) is 42.6 Å². The van der Waals surface area contributed by atoms with E-state index < -0.39 is 0 Å². The molecule has 0 unspecified atom stereocenters. The van der Waals surface area contributed by atoms with Gasteiger partial charge in [0.2, 0.25) is 0 Å². The van der Waals surface area contributed by atoms with Crippen LogP contribution in [0.2, 0.25) is 0 Å². The molecule has 4 aromatic rings. The molecule has 0 amide bonds. The first kappa shape index (κ1) is 19.5. The van der Waals surface area contributed by atoms with Gasteiger partial charge in [-0.1, -0.05) is 61.2 Å². The number of para-hydroxylation sites is 3. The Labute approximate surface area is 177 Å². The molecule has 4 rings (SSSR count). The third-order valence-corrected chi connectivity index (χ3v) is 5.26. The third-order valence-electron chi connectivity index (χ3n) is 5.26. The summed E-state index contributed by atoms with van der Waals surface area (Å²) in [6.07, 6.45) is 4.13. The van der Waals surface area contributed by atoms with Crippen molar-refractivity contribution in [1.82, 2.24) is 4.57 Å². The van der Waals surface area contributed by atoms with Gasteiger partial charge in [0.25, 0.3) is 0 Å². The van der Waals surface area contributed by atoms with Crippen molar-refractivity contribution in [2.24, 2.45) is 0 Å². The Bertz CT molecular complexity index is 1220. The second-order valence-corrected chi connectivity index (χ2v) is 7.25. The van der Waals surface area contributed by atoms with E-state index in [0.29, 0.717) is 12.1 Å². The Balaban J connectivity index is 1.93. The molecule has 0 bridgehead atoms. The highest BCUT2D eigenvalue weighted by atomic mass is 15.0. The van der Waals surface area contributed by atoms with Gasteiger partial charge in [0.1, 0.15) is 0 Å². The number of nitrogens with one attached hydrogen (secondary N) is 2. The van der Waals surface area contributed by atoms with Gasteiger partial charge in [0.15, 0.2) is 0 Å². The predicted molar refractivity (Wildman–Crippen MR) is 129 cm³/mol. The Morgan fingerprint density at radius 3 is 2.27 bits per heavy atom. The summed E-state index contributed by atoms with van der Waals surface area (Å²) in [5.74, 6) is 0. The van der Waals surface area contributed by atoms with Crippen LogP contribution >= 0.6 is 0 Å². The molecule has 0 fully saturated rings. The fourth-order valence-electron chi connectivity index (χ4n) is 3.82. The second-order valence-electron chi connectivity index (χ2n) is 7.25. The maximum absolute atomic E-state index is 8.28. The fraction of sp³-hybridized carbons (Fsp3) is 0.0741. The standard InChI is InChI=1S/C27H25N3/c1-3-22(28)18-21(19-29-23-12-6-4-7-13-23)27-20(2)25-16-10-11-17-26(25)30(27)24-14-8-5-9-15-24/h3-17,19,28-29H,1,18H2,2H3/b21-19+,28-22?. The van der Waals surface area contributed by atoms with Crippen LogP contribution in [0.15, 0.2) is 104 Å². The minimum Gasteiger partial charge on any atom is -0.361 e. The minimum atomic E-state index is 0.486. The Morgan fingerprint density at radius 1 is 0.933 bits per heavy atom. The van der Waals surface area contributed by atoms with E-state index in [4.69, 9.17) is 5.41 Å². The van der Waals surface area contributed by atoms with E-state index in [2.05, 4.69) is 71.9 Å². The quantitative estimate of drug-likeness (QED) is 0.328. The number of aromatic nitrogens is 1. The van der Waals surface area contributed by atoms with Crippen LogP contribution in [-0.2, 0) is 0 Å². The lowest BCUT2D eigenvalue weighted by Gasteiger charge is -2.15. The lowest BCUT2D eigenvalue weighted by atomic mass is 10.0. The second kappa shape index (κ2) is 8.66. The number of hydrogen-bond donors (Lipinski definition) is 2. The molecule has 1 aromatic heterocycles. The topological polar surface area (TPSA) is 40.8 Å². The monoisotopic (exact) mass is 391 g/mol. The molecule has 0 aliphatic rings. The molecule has 1 heterocycles. The van der Waals surface area contributed by atoms with Crippen LogP contribution in [0.4, 0.5) is 5.69 Å². The molecule has 0 spiro atoms. The number of allylic oxidation sites excluding steroid dienone is 2. The molecule has 3 nitrogen and oxygen atoms in total. The fourth-order valence-corrected chi connectivity index (χ4v) is 3.82. The van der Waals surface area contributed by atoms with Crippen LogP contribution in [0, 0.1) is 12.3 Å². The molecule has 0 aliphatic heterocycles. The third kappa shape index (κ3) is 3.83. The number of nitrogens with zero attached hydrogens (tertiary/aromatic N) is 1. The molecule has 148 valence electrons. The first-order chi connectivity index (χ1) is 14.7. The maximum atomic E-state index is 8.28. The highest BCUT2D eigenvalue weighted by Gasteiger charge is 2.19. The van der Waals surface area contributed by atoms with Crippen molar-refractivity contribution in [2.45, 2.75) is 13.3 Å². The van der Waals surface area contributed by atoms with E-state index in [-0.39, 0.29) is 0 Å². The zero-order chi connectivity index (χ0) is 20.9. The molecular weight excluding hydrogens is 366 g/mol. The van der Waals surface area contributed by atoms with Gasteiger partial charge < -0.3 is 15.3 Å². The molecular formula is C27H25N3. The zero-order valence-electron chi connectivity index (χ0n) is 17.1. The molecule has 0 aliphatic carbocycles. The van der Waals surface area contributed by atoms with Crippen molar-refractivity contribution < 1.29 is 0 Å². The lowest BCUT2D eigenvalue weighted by molar-refractivity contribution is 1.07.